The first-order valence-electron chi connectivity index (χ1n) is 16.1. The van der Waals surface area contributed by atoms with Gasteiger partial charge in [0.15, 0.2) is 45.9 Å². The van der Waals surface area contributed by atoms with Crippen molar-refractivity contribution in [2.75, 3.05) is 40.8 Å². The molecule has 0 spiro atoms. The molecule has 51 heavy (non-hydrogen) atoms. The number of rotatable bonds is 13. The minimum atomic E-state index is -0.891. The van der Waals surface area contributed by atoms with Crippen LogP contribution in [0.1, 0.15) is 43.5 Å². The number of fused-ring (bicyclic) bond motifs is 2. The normalized spacial score (nSPS) is 14.8. The number of esters is 2. The zero-order valence-corrected chi connectivity index (χ0v) is 29.5. The SMILES string of the molecule is CCOC(=O)C1=C(C)N=c2s/c(=C\c3ccc(OCc4ccc5c(c4)OCO5)c(OC)c3)c(=O)n2[C@@H]1c1ccc(OCC(=O)OC)c(OCC)c1. The molecule has 0 bridgehead atoms. The first kappa shape index (κ1) is 35.1. The smallest absolute Gasteiger partial charge is 0.343 e. The Balaban J connectivity index is 1.36. The van der Waals surface area contributed by atoms with Crippen LogP contribution in [0.3, 0.4) is 0 Å². The van der Waals surface area contributed by atoms with Crippen molar-refractivity contribution in [2.45, 2.75) is 33.4 Å². The van der Waals surface area contributed by atoms with Crippen molar-refractivity contribution in [3.8, 4) is 34.5 Å². The van der Waals surface area contributed by atoms with Crippen molar-refractivity contribution >= 4 is 29.4 Å². The molecule has 0 N–H and O–H groups in total. The van der Waals surface area contributed by atoms with Gasteiger partial charge >= 0.3 is 11.9 Å². The minimum absolute atomic E-state index is 0.134. The summed E-state index contributed by atoms with van der Waals surface area (Å²) in [6, 6.07) is 15.1. The number of methoxy groups -OCH3 is 2. The van der Waals surface area contributed by atoms with Crippen LogP contribution in [0.5, 0.6) is 34.5 Å². The third-order valence-corrected chi connectivity index (χ3v) is 8.97. The molecular formula is C37H36N2O11S. The van der Waals surface area contributed by atoms with Crippen LogP contribution in [-0.2, 0) is 25.7 Å². The molecule has 6 rings (SSSR count). The van der Waals surface area contributed by atoms with Gasteiger partial charge in [-0.1, -0.05) is 29.5 Å². The van der Waals surface area contributed by atoms with Crippen molar-refractivity contribution in [1.82, 2.24) is 4.57 Å². The highest BCUT2D eigenvalue weighted by Gasteiger charge is 2.34. The Labute approximate surface area is 296 Å². The van der Waals surface area contributed by atoms with E-state index >= 15 is 0 Å². The summed E-state index contributed by atoms with van der Waals surface area (Å²) in [7, 11) is 2.81. The van der Waals surface area contributed by atoms with E-state index < -0.39 is 18.0 Å². The molecule has 3 heterocycles. The number of thiazole rings is 1. The number of allylic oxidation sites excluding steroid dienone is 1. The van der Waals surface area contributed by atoms with Gasteiger partial charge < -0.3 is 37.9 Å². The number of aromatic nitrogens is 1. The highest BCUT2D eigenvalue weighted by atomic mass is 32.1. The first-order valence-corrected chi connectivity index (χ1v) is 16.9. The van der Waals surface area contributed by atoms with Crippen LogP contribution in [0.4, 0.5) is 0 Å². The summed E-state index contributed by atoms with van der Waals surface area (Å²) in [4.78, 5) is 44.4. The van der Waals surface area contributed by atoms with E-state index in [1.165, 1.54) is 23.0 Å². The monoisotopic (exact) mass is 716 g/mol. The van der Waals surface area contributed by atoms with Gasteiger partial charge in [0.05, 0.1) is 49.3 Å². The fourth-order valence-corrected chi connectivity index (χ4v) is 6.67. The lowest BCUT2D eigenvalue weighted by Gasteiger charge is -2.25. The van der Waals surface area contributed by atoms with Gasteiger partial charge in [-0.3, -0.25) is 9.36 Å². The molecule has 266 valence electrons. The molecule has 0 fully saturated rings. The Morgan fingerprint density at radius 3 is 2.47 bits per heavy atom. The Morgan fingerprint density at radius 1 is 0.922 bits per heavy atom. The molecule has 0 saturated carbocycles. The molecule has 0 amide bonds. The zero-order valence-electron chi connectivity index (χ0n) is 28.7. The van der Waals surface area contributed by atoms with E-state index in [-0.39, 0.29) is 37.7 Å². The van der Waals surface area contributed by atoms with Crippen molar-refractivity contribution in [2.24, 2.45) is 4.99 Å². The molecule has 14 heteroatoms. The van der Waals surface area contributed by atoms with Gasteiger partial charge in [-0.15, -0.1) is 0 Å². The molecule has 0 saturated heterocycles. The molecule has 3 aromatic carbocycles. The predicted octanol–water partition coefficient (Wildman–Crippen LogP) is 4.07. The number of benzene rings is 3. The maximum Gasteiger partial charge on any atom is 0.343 e. The van der Waals surface area contributed by atoms with Crippen LogP contribution in [0.15, 0.2) is 75.7 Å². The predicted molar refractivity (Wildman–Crippen MR) is 185 cm³/mol. The summed E-state index contributed by atoms with van der Waals surface area (Å²) in [6.45, 7) is 5.80. The molecule has 0 aliphatic carbocycles. The van der Waals surface area contributed by atoms with E-state index in [0.717, 1.165) is 5.56 Å². The quantitative estimate of drug-likeness (QED) is 0.185. The summed E-state index contributed by atoms with van der Waals surface area (Å²) >= 11 is 1.19. The van der Waals surface area contributed by atoms with E-state index in [4.69, 9.17) is 33.2 Å². The van der Waals surface area contributed by atoms with E-state index in [1.807, 2.05) is 24.3 Å². The third kappa shape index (κ3) is 7.41. The lowest BCUT2D eigenvalue weighted by atomic mass is 9.95. The average Bonchev–Trinajstić information content (AvgIpc) is 3.72. The van der Waals surface area contributed by atoms with Crippen LogP contribution in [-0.4, -0.2) is 57.3 Å². The Kier molecular flexibility index (Phi) is 10.6. The number of ether oxygens (including phenoxy) is 8. The first-order chi connectivity index (χ1) is 24.7. The lowest BCUT2D eigenvalue weighted by Crippen LogP contribution is -2.40. The maximum atomic E-state index is 14.2. The Morgan fingerprint density at radius 2 is 1.71 bits per heavy atom. The summed E-state index contributed by atoms with van der Waals surface area (Å²) in [5, 5.41) is 0. The fourth-order valence-electron chi connectivity index (χ4n) is 5.62. The highest BCUT2D eigenvalue weighted by Crippen LogP contribution is 2.37. The van der Waals surface area contributed by atoms with Gasteiger partial charge in [0, 0.05) is 0 Å². The van der Waals surface area contributed by atoms with Crippen molar-refractivity contribution in [1.29, 1.82) is 0 Å². The molecule has 4 aromatic rings. The van der Waals surface area contributed by atoms with Crippen molar-refractivity contribution < 1.29 is 47.5 Å². The minimum Gasteiger partial charge on any atom is -0.493 e. The van der Waals surface area contributed by atoms with Crippen LogP contribution in [0.2, 0.25) is 0 Å². The van der Waals surface area contributed by atoms with E-state index in [9.17, 15) is 14.4 Å². The van der Waals surface area contributed by atoms with Gasteiger partial charge in [0.2, 0.25) is 6.79 Å². The van der Waals surface area contributed by atoms with Gasteiger partial charge in [0.25, 0.3) is 5.56 Å². The third-order valence-electron chi connectivity index (χ3n) is 7.99. The number of hydrogen-bond donors (Lipinski definition) is 0. The number of carbonyl (C=O) groups excluding carboxylic acids is 2. The number of carbonyl (C=O) groups is 2. The summed E-state index contributed by atoms with van der Waals surface area (Å²) in [5.74, 6) is 1.84. The second kappa shape index (κ2) is 15.4. The summed E-state index contributed by atoms with van der Waals surface area (Å²) in [6.07, 6.45) is 1.74. The molecule has 1 aromatic heterocycles. The standard InChI is InChI=1S/C37H36N2O11S/c1-6-45-30-17-24(10-13-26(30)48-19-32(40)44-5)34-33(36(42)46-7-2)21(3)38-37-39(34)35(41)31(51-37)16-22-8-11-25(28(14-22)43-4)47-18-23-9-12-27-29(15-23)50-20-49-27/h8-17,34H,6-7,18-20H2,1-5H3/b31-16-/t34-/m1/s1. The Bertz CT molecular complexity index is 2190. The van der Waals surface area contributed by atoms with Gasteiger partial charge in [0.1, 0.15) is 6.61 Å². The summed E-state index contributed by atoms with van der Waals surface area (Å²) in [5.41, 5.74) is 2.42. The molecule has 13 nitrogen and oxygen atoms in total. The molecule has 2 aliphatic heterocycles. The molecule has 1 atom stereocenters. The Hall–Kier alpha value is -5.76. The van der Waals surface area contributed by atoms with Gasteiger partial charge in [-0.25, -0.2) is 14.6 Å². The molecular weight excluding hydrogens is 680 g/mol. The maximum absolute atomic E-state index is 14.2. The van der Waals surface area contributed by atoms with Crippen molar-refractivity contribution in [3.05, 3.63) is 102 Å². The number of nitrogens with zero attached hydrogens (tertiary/aromatic N) is 2. The van der Waals surface area contributed by atoms with Crippen molar-refractivity contribution in [3.63, 3.8) is 0 Å². The largest absolute Gasteiger partial charge is 0.493 e. The summed E-state index contributed by atoms with van der Waals surface area (Å²) < 4.78 is 46.0. The topological polar surface area (TPSA) is 142 Å². The van der Waals surface area contributed by atoms with E-state index in [2.05, 4.69) is 9.73 Å². The van der Waals surface area contributed by atoms with Crippen LogP contribution in [0.25, 0.3) is 6.08 Å². The average molecular weight is 717 g/mol. The van der Waals surface area contributed by atoms with Gasteiger partial charge in [-0.05, 0) is 79.9 Å². The second-order valence-corrected chi connectivity index (χ2v) is 12.2. The van der Waals surface area contributed by atoms with Crippen LogP contribution >= 0.6 is 11.3 Å². The zero-order chi connectivity index (χ0) is 36.1. The van der Waals surface area contributed by atoms with Crippen LogP contribution < -0.4 is 43.3 Å². The van der Waals surface area contributed by atoms with Crippen LogP contribution in [0, 0.1) is 0 Å². The van der Waals surface area contributed by atoms with Gasteiger partial charge in [-0.2, -0.15) is 0 Å². The lowest BCUT2D eigenvalue weighted by molar-refractivity contribution is -0.143. The molecule has 0 unspecified atom stereocenters. The fraction of sp³-hybridized carbons (Fsp3) is 0.297. The molecule has 0 radical (unpaired) electrons. The molecule has 2 aliphatic rings. The van der Waals surface area contributed by atoms with E-state index in [1.54, 1.807) is 64.3 Å². The second-order valence-electron chi connectivity index (χ2n) is 11.2. The highest BCUT2D eigenvalue weighted by molar-refractivity contribution is 7.07. The number of hydrogen-bond acceptors (Lipinski definition) is 13. The van der Waals surface area contributed by atoms with E-state index in [0.29, 0.717) is 67.3 Å².